The molecule has 1 aliphatic carbocycles. The van der Waals surface area contributed by atoms with Gasteiger partial charge in [-0.25, -0.2) is 0 Å². The normalized spacial score (nSPS) is 23.6. The fourth-order valence-corrected chi connectivity index (χ4v) is 2.51. The van der Waals surface area contributed by atoms with Crippen molar-refractivity contribution in [3.63, 3.8) is 0 Å². The van der Waals surface area contributed by atoms with Crippen molar-refractivity contribution < 1.29 is 13.9 Å². The van der Waals surface area contributed by atoms with Crippen LogP contribution in [0.15, 0.2) is 4.42 Å². The van der Waals surface area contributed by atoms with Crippen molar-refractivity contribution >= 4 is 5.97 Å². The van der Waals surface area contributed by atoms with Gasteiger partial charge in [0.1, 0.15) is 0 Å². The summed E-state index contributed by atoms with van der Waals surface area (Å²) in [5.74, 6) is 1.57. The number of hydrogen-bond acceptors (Lipinski definition) is 6. The van der Waals surface area contributed by atoms with E-state index in [1.165, 1.54) is 7.11 Å². The maximum absolute atomic E-state index is 11.5. The minimum atomic E-state index is -0.0997. The maximum Gasteiger partial charge on any atom is 0.308 e. The van der Waals surface area contributed by atoms with Gasteiger partial charge in [-0.2, -0.15) is 0 Å². The number of nitrogens with zero attached hydrogens (tertiary/aromatic N) is 3. The Morgan fingerprint density at radius 2 is 2.00 bits per heavy atom. The van der Waals surface area contributed by atoms with Gasteiger partial charge in [0.2, 0.25) is 11.8 Å². The van der Waals surface area contributed by atoms with E-state index in [-0.39, 0.29) is 17.8 Å². The van der Waals surface area contributed by atoms with E-state index < -0.39 is 0 Å². The third-order valence-corrected chi connectivity index (χ3v) is 3.54. The van der Waals surface area contributed by atoms with E-state index in [9.17, 15) is 4.79 Å². The quantitative estimate of drug-likeness (QED) is 0.771. The largest absolute Gasteiger partial charge is 0.469 e. The van der Waals surface area contributed by atoms with Crippen LogP contribution in [0.2, 0.25) is 0 Å². The number of carbonyl (C=O) groups excluding carboxylic acids is 1. The first-order valence-corrected chi connectivity index (χ1v) is 6.65. The molecule has 1 fully saturated rings. The van der Waals surface area contributed by atoms with Gasteiger partial charge in [-0.3, -0.25) is 4.79 Å². The predicted octanol–water partition coefficient (Wildman–Crippen LogP) is 1.58. The highest BCUT2D eigenvalue weighted by Crippen LogP contribution is 2.35. The summed E-state index contributed by atoms with van der Waals surface area (Å²) in [6, 6.07) is 0. The zero-order valence-corrected chi connectivity index (χ0v) is 11.8. The highest BCUT2D eigenvalue weighted by atomic mass is 16.5. The second-order valence-electron chi connectivity index (χ2n) is 5.34. The maximum atomic E-state index is 11.5. The van der Waals surface area contributed by atoms with Gasteiger partial charge in [-0.05, 0) is 39.8 Å². The van der Waals surface area contributed by atoms with Gasteiger partial charge < -0.3 is 14.1 Å². The van der Waals surface area contributed by atoms with Crippen LogP contribution in [-0.2, 0) is 16.1 Å². The highest BCUT2D eigenvalue weighted by Gasteiger charge is 2.30. The molecule has 0 radical (unpaired) electrons. The SMILES string of the molecule is COC(=O)C1CCC(c2nnc(CN(C)C)o2)CC1. The van der Waals surface area contributed by atoms with Crippen molar-refractivity contribution in [2.75, 3.05) is 21.2 Å². The van der Waals surface area contributed by atoms with Crippen molar-refractivity contribution in [3.8, 4) is 0 Å². The summed E-state index contributed by atoms with van der Waals surface area (Å²) in [6.07, 6.45) is 3.48. The molecule has 1 aliphatic rings. The number of carbonyl (C=O) groups is 1. The second kappa shape index (κ2) is 6.14. The fourth-order valence-electron chi connectivity index (χ4n) is 2.51. The molecule has 6 heteroatoms. The molecule has 0 N–H and O–H groups in total. The van der Waals surface area contributed by atoms with Gasteiger partial charge in [0, 0.05) is 5.92 Å². The summed E-state index contributed by atoms with van der Waals surface area (Å²) in [6.45, 7) is 0.657. The molecule has 0 unspecified atom stereocenters. The zero-order valence-electron chi connectivity index (χ0n) is 11.8. The number of esters is 1. The molecular weight excluding hydrogens is 246 g/mol. The Morgan fingerprint density at radius 3 is 2.58 bits per heavy atom. The Bertz CT molecular complexity index is 423. The van der Waals surface area contributed by atoms with Crippen LogP contribution < -0.4 is 0 Å². The molecule has 106 valence electrons. The average Bonchev–Trinajstić information content (AvgIpc) is 2.85. The van der Waals surface area contributed by atoms with Crippen molar-refractivity contribution in [2.24, 2.45) is 5.92 Å². The number of hydrogen-bond donors (Lipinski definition) is 0. The van der Waals surface area contributed by atoms with Gasteiger partial charge in [-0.15, -0.1) is 10.2 Å². The van der Waals surface area contributed by atoms with Gasteiger partial charge in [-0.1, -0.05) is 0 Å². The van der Waals surface area contributed by atoms with Crippen LogP contribution in [0.25, 0.3) is 0 Å². The minimum Gasteiger partial charge on any atom is -0.469 e. The van der Waals surface area contributed by atoms with Crippen molar-refractivity contribution in [1.82, 2.24) is 15.1 Å². The lowest BCUT2D eigenvalue weighted by Gasteiger charge is -2.24. The van der Waals surface area contributed by atoms with Gasteiger partial charge >= 0.3 is 5.97 Å². The Morgan fingerprint density at radius 1 is 1.32 bits per heavy atom. The lowest BCUT2D eigenvalue weighted by molar-refractivity contribution is -0.146. The summed E-state index contributed by atoms with van der Waals surface area (Å²) in [5.41, 5.74) is 0. The minimum absolute atomic E-state index is 0.0328. The Labute approximate surface area is 113 Å². The molecule has 1 heterocycles. The van der Waals surface area contributed by atoms with Crippen molar-refractivity contribution in [1.29, 1.82) is 0 Å². The first-order valence-electron chi connectivity index (χ1n) is 6.65. The van der Waals surface area contributed by atoms with Crippen LogP contribution in [0.1, 0.15) is 43.4 Å². The summed E-state index contributed by atoms with van der Waals surface area (Å²) >= 11 is 0. The fraction of sp³-hybridized carbons (Fsp3) is 0.769. The van der Waals surface area contributed by atoms with Crippen molar-refractivity contribution in [2.45, 2.75) is 38.1 Å². The molecule has 0 saturated heterocycles. The first kappa shape index (κ1) is 14.0. The van der Waals surface area contributed by atoms with Gasteiger partial charge in [0.05, 0.1) is 19.6 Å². The summed E-state index contributed by atoms with van der Waals surface area (Å²) < 4.78 is 10.5. The third-order valence-electron chi connectivity index (χ3n) is 3.54. The molecule has 0 spiro atoms. The van der Waals surface area contributed by atoms with Crippen LogP contribution in [0, 0.1) is 5.92 Å². The Kier molecular flexibility index (Phi) is 4.52. The monoisotopic (exact) mass is 267 g/mol. The molecular formula is C13H21N3O3. The van der Waals surface area contributed by atoms with Crippen LogP contribution >= 0.6 is 0 Å². The van der Waals surface area contributed by atoms with E-state index in [1.807, 2.05) is 19.0 Å². The molecule has 0 amide bonds. The van der Waals surface area contributed by atoms with Crippen LogP contribution in [0.4, 0.5) is 0 Å². The molecule has 0 aromatic carbocycles. The molecule has 19 heavy (non-hydrogen) atoms. The first-order chi connectivity index (χ1) is 9.10. The van der Waals surface area contributed by atoms with Gasteiger partial charge in [0.15, 0.2) is 0 Å². The standard InChI is InChI=1S/C13H21N3O3/c1-16(2)8-11-14-15-12(19-11)9-4-6-10(7-5-9)13(17)18-3/h9-10H,4-8H2,1-3H3. The van der Waals surface area contributed by atoms with Gasteiger partial charge in [0.25, 0.3) is 0 Å². The molecule has 0 aliphatic heterocycles. The van der Waals surface area contributed by atoms with E-state index in [4.69, 9.17) is 9.15 Å². The van der Waals surface area contributed by atoms with Crippen LogP contribution in [0.3, 0.4) is 0 Å². The predicted molar refractivity (Wildman–Crippen MR) is 68.4 cm³/mol. The second-order valence-corrected chi connectivity index (χ2v) is 5.34. The van der Waals surface area contributed by atoms with E-state index in [0.717, 1.165) is 25.7 Å². The molecule has 1 aromatic rings. The molecule has 1 saturated carbocycles. The molecule has 6 nitrogen and oxygen atoms in total. The summed E-state index contributed by atoms with van der Waals surface area (Å²) in [5, 5.41) is 8.18. The number of methoxy groups -OCH3 is 1. The summed E-state index contributed by atoms with van der Waals surface area (Å²) in [4.78, 5) is 13.4. The van der Waals surface area contributed by atoms with E-state index in [2.05, 4.69) is 10.2 Å². The zero-order chi connectivity index (χ0) is 13.8. The topological polar surface area (TPSA) is 68.5 Å². The Hall–Kier alpha value is -1.43. The highest BCUT2D eigenvalue weighted by molar-refractivity contribution is 5.72. The number of aromatic nitrogens is 2. The molecule has 0 bridgehead atoms. The third kappa shape index (κ3) is 3.53. The average molecular weight is 267 g/mol. The lowest BCUT2D eigenvalue weighted by Crippen LogP contribution is -2.22. The number of ether oxygens (including phenoxy) is 1. The molecule has 1 aromatic heterocycles. The Balaban J connectivity index is 1.90. The van der Waals surface area contributed by atoms with E-state index >= 15 is 0 Å². The van der Waals surface area contributed by atoms with Crippen LogP contribution in [0.5, 0.6) is 0 Å². The molecule has 0 atom stereocenters. The van der Waals surface area contributed by atoms with E-state index in [1.54, 1.807) is 0 Å². The lowest BCUT2D eigenvalue weighted by atomic mass is 9.82. The number of rotatable bonds is 4. The summed E-state index contributed by atoms with van der Waals surface area (Å²) in [7, 11) is 5.37. The molecule has 2 rings (SSSR count). The van der Waals surface area contributed by atoms with Crippen LogP contribution in [-0.4, -0.2) is 42.3 Å². The smallest absolute Gasteiger partial charge is 0.308 e. The van der Waals surface area contributed by atoms with Crippen molar-refractivity contribution in [3.05, 3.63) is 11.8 Å². The van der Waals surface area contributed by atoms with E-state index in [0.29, 0.717) is 18.3 Å².